The number of benzene rings is 3. The van der Waals surface area contributed by atoms with Crippen molar-refractivity contribution in [3.8, 4) is 28.7 Å². The highest BCUT2D eigenvalue weighted by Crippen LogP contribution is 2.38. The monoisotopic (exact) mass is 595 g/mol. The number of rotatable bonds is 12. The van der Waals surface area contributed by atoms with Crippen LogP contribution in [0.15, 0.2) is 54.6 Å². The van der Waals surface area contributed by atoms with Gasteiger partial charge in [0, 0.05) is 63.0 Å². The van der Waals surface area contributed by atoms with Gasteiger partial charge in [0.05, 0.1) is 35.5 Å². The van der Waals surface area contributed by atoms with Crippen molar-refractivity contribution in [2.24, 2.45) is 0 Å². The molecule has 0 unspecified atom stereocenters. The molecular weight excluding hydrogens is 557 g/mol. The molecule has 1 aliphatic rings. The minimum absolute atomic E-state index is 0.0904. The van der Waals surface area contributed by atoms with Crippen molar-refractivity contribution in [2.75, 3.05) is 74.8 Å². The highest BCUT2D eigenvalue weighted by atomic mass is 19.1. The molecule has 2 amide bonds. The van der Waals surface area contributed by atoms with E-state index in [1.807, 2.05) is 4.90 Å². The molecule has 0 atom stereocenters. The number of hydrogen-bond acceptors (Lipinski definition) is 8. The van der Waals surface area contributed by atoms with Gasteiger partial charge >= 0.3 is 0 Å². The van der Waals surface area contributed by atoms with Gasteiger partial charge in [-0.25, -0.2) is 4.39 Å². The molecule has 43 heavy (non-hydrogen) atoms. The highest BCUT2D eigenvalue weighted by molar-refractivity contribution is 5.96. The van der Waals surface area contributed by atoms with Crippen molar-refractivity contribution in [3.63, 3.8) is 0 Å². The number of halogens is 1. The quantitative estimate of drug-likeness (QED) is 0.311. The number of methoxy groups -OCH3 is 5. The summed E-state index contributed by atoms with van der Waals surface area (Å²) >= 11 is 0. The van der Waals surface area contributed by atoms with Crippen LogP contribution in [0.3, 0.4) is 0 Å². The third-order valence-electron chi connectivity index (χ3n) is 7.43. The van der Waals surface area contributed by atoms with E-state index in [9.17, 15) is 14.0 Å². The largest absolute Gasteiger partial charge is 0.497 e. The maximum absolute atomic E-state index is 13.8. The summed E-state index contributed by atoms with van der Waals surface area (Å²) in [5.74, 6) is 1.59. The average Bonchev–Trinajstić information content (AvgIpc) is 3.05. The van der Waals surface area contributed by atoms with Crippen molar-refractivity contribution >= 4 is 11.8 Å². The van der Waals surface area contributed by atoms with Crippen LogP contribution >= 0.6 is 0 Å². The lowest BCUT2D eigenvalue weighted by molar-refractivity contribution is 0.0598. The van der Waals surface area contributed by atoms with Gasteiger partial charge in [0.25, 0.3) is 11.8 Å². The van der Waals surface area contributed by atoms with E-state index in [1.54, 1.807) is 61.6 Å². The number of piperazine rings is 1. The van der Waals surface area contributed by atoms with Crippen LogP contribution in [0.1, 0.15) is 26.3 Å². The molecule has 10 nitrogen and oxygen atoms in total. The molecule has 0 saturated carbocycles. The third kappa shape index (κ3) is 7.66. The number of amides is 2. The van der Waals surface area contributed by atoms with Crippen LogP contribution in [-0.2, 0) is 6.54 Å². The Bertz CT molecular complexity index is 1360. The predicted octanol–water partition coefficient (Wildman–Crippen LogP) is 3.97. The summed E-state index contributed by atoms with van der Waals surface area (Å²) in [4.78, 5) is 32.8. The van der Waals surface area contributed by atoms with E-state index in [1.165, 1.54) is 33.5 Å². The van der Waals surface area contributed by atoms with Gasteiger partial charge in [0.15, 0.2) is 11.5 Å². The zero-order valence-corrected chi connectivity index (χ0v) is 25.2. The van der Waals surface area contributed by atoms with Gasteiger partial charge in [-0.05, 0) is 42.0 Å². The number of carbonyl (C=O) groups is 2. The Kier molecular flexibility index (Phi) is 10.7. The second-order valence-corrected chi connectivity index (χ2v) is 10.0. The van der Waals surface area contributed by atoms with E-state index in [0.29, 0.717) is 79.1 Å². The molecule has 0 bridgehead atoms. The molecule has 0 aliphatic carbocycles. The molecule has 230 valence electrons. The third-order valence-corrected chi connectivity index (χ3v) is 7.43. The molecule has 0 aromatic heterocycles. The molecule has 3 aromatic carbocycles. The molecular formula is C32H38FN3O7. The molecule has 0 N–H and O–H groups in total. The zero-order valence-electron chi connectivity index (χ0n) is 25.2. The number of carbonyl (C=O) groups excluding carboxylic acids is 2. The maximum atomic E-state index is 13.8. The molecule has 0 spiro atoms. The number of ether oxygens (including phenoxy) is 5. The molecule has 4 rings (SSSR count). The van der Waals surface area contributed by atoms with E-state index < -0.39 is 0 Å². The molecule has 0 radical (unpaired) electrons. The number of hydrogen-bond donors (Lipinski definition) is 0. The highest BCUT2D eigenvalue weighted by Gasteiger charge is 2.26. The fourth-order valence-electron chi connectivity index (χ4n) is 5.00. The van der Waals surface area contributed by atoms with Crippen LogP contribution in [0.5, 0.6) is 28.7 Å². The standard InChI is InChI=1S/C32H38FN3O7/c1-39-26-16-23(17-27(20-26)40-2)31(37)35-13-10-34(11-14-35)12-15-36(21-22-6-8-25(33)9-7-22)32(38)24-18-28(41-3)30(43-5)29(19-24)42-4/h6-9,16-20H,10-15,21H2,1-5H3. The van der Waals surface area contributed by atoms with Gasteiger partial charge < -0.3 is 33.5 Å². The lowest BCUT2D eigenvalue weighted by atomic mass is 10.1. The lowest BCUT2D eigenvalue weighted by Gasteiger charge is -2.36. The molecule has 1 saturated heterocycles. The van der Waals surface area contributed by atoms with Gasteiger partial charge in [-0.2, -0.15) is 0 Å². The van der Waals surface area contributed by atoms with Gasteiger partial charge in [0.1, 0.15) is 17.3 Å². The minimum Gasteiger partial charge on any atom is -0.497 e. The lowest BCUT2D eigenvalue weighted by Crippen LogP contribution is -2.50. The number of nitrogens with zero attached hydrogens (tertiary/aromatic N) is 3. The van der Waals surface area contributed by atoms with Gasteiger partial charge in [0.2, 0.25) is 5.75 Å². The van der Waals surface area contributed by atoms with Crippen molar-refractivity contribution in [3.05, 3.63) is 77.1 Å². The second kappa shape index (κ2) is 14.6. The SMILES string of the molecule is COc1cc(OC)cc(C(=O)N2CCN(CCN(Cc3ccc(F)cc3)C(=O)c3cc(OC)c(OC)c(OC)c3)CC2)c1. The van der Waals surface area contributed by atoms with Crippen molar-refractivity contribution < 1.29 is 37.7 Å². The smallest absolute Gasteiger partial charge is 0.254 e. The summed E-state index contributed by atoms with van der Waals surface area (Å²) in [5.41, 5.74) is 1.68. The summed E-state index contributed by atoms with van der Waals surface area (Å²) in [7, 11) is 7.60. The Hall–Kier alpha value is -4.51. The van der Waals surface area contributed by atoms with Crippen molar-refractivity contribution in [1.29, 1.82) is 0 Å². The summed E-state index contributed by atoms with van der Waals surface area (Å²) in [6.45, 7) is 3.66. The van der Waals surface area contributed by atoms with Crippen LogP contribution in [-0.4, -0.2) is 101 Å². The van der Waals surface area contributed by atoms with E-state index in [2.05, 4.69) is 4.90 Å². The molecule has 3 aromatic rings. The summed E-state index contributed by atoms with van der Waals surface area (Å²) < 4.78 is 40.5. The second-order valence-electron chi connectivity index (χ2n) is 10.0. The van der Waals surface area contributed by atoms with Crippen LogP contribution in [0.2, 0.25) is 0 Å². The van der Waals surface area contributed by atoms with Crippen LogP contribution < -0.4 is 23.7 Å². The Labute approximate surface area is 251 Å². The van der Waals surface area contributed by atoms with Crippen molar-refractivity contribution in [1.82, 2.24) is 14.7 Å². The predicted molar refractivity (Wildman–Crippen MR) is 159 cm³/mol. The minimum atomic E-state index is -0.342. The summed E-state index contributed by atoms with van der Waals surface area (Å²) in [6.07, 6.45) is 0. The molecule has 11 heteroatoms. The molecule has 1 aliphatic heterocycles. The first-order valence-electron chi connectivity index (χ1n) is 13.9. The van der Waals surface area contributed by atoms with Crippen LogP contribution in [0.25, 0.3) is 0 Å². The Morgan fingerprint density at radius 2 is 1.33 bits per heavy atom. The van der Waals surface area contributed by atoms with Gasteiger partial charge in [-0.15, -0.1) is 0 Å². The first kappa shape index (κ1) is 31.4. The van der Waals surface area contributed by atoms with Crippen LogP contribution in [0.4, 0.5) is 4.39 Å². The maximum Gasteiger partial charge on any atom is 0.254 e. The van der Waals surface area contributed by atoms with Crippen LogP contribution in [0, 0.1) is 5.82 Å². The summed E-state index contributed by atoms with van der Waals surface area (Å²) in [6, 6.07) is 14.5. The fraction of sp³-hybridized carbons (Fsp3) is 0.375. The zero-order chi connectivity index (χ0) is 30.9. The Balaban J connectivity index is 1.46. The topological polar surface area (TPSA) is 90.0 Å². The fourth-order valence-corrected chi connectivity index (χ4v) is 5.00. The normalized spacial score (nSPS) is 13.3. The Morgan fingerprint density at radius 3 is 1.84 bits per heavy atom. The summed E-state index contributed by atoms with van der Waals surface area (Å²) in [5, 5.41) is 0. The molecule has 1 heterocycles. The molecule has 1 fully saturated rings. The van der Waals surface area contributed by atoms with Gasteiger partial charge in [-0.3, -0.25) is 14.5 Å². The first-order chi connectivity index (χ1) is 20.8. The first-order valence-corrected chi connectivity index (χ1v) is 13.9. The van der Waals surface area contributed by atoms with E-state index >= 15 is 0 Å². The van der Waals surface area contributed by atoms with E-state index in [0.717, 1.165) is 5.56 Å². The van der Waals surface area contributed by atoms with Crippen molar-refractivity contribution in [2.45, 2.75) is 6.54 Å². The Morgan fingerprint density at radius 1 is 0.744 bits per heavy atom. The van der Waals surface area contributed by atoms with E-state index in [4.69, 9.17) is 23.7 Å². The average molecular weight is 596 g/mol. The van der Waals surface area contributed by atoms with Gasteiger partial charge in [-0.1, -0.05) is 12.1 Å². The van der Waals surface area contributed by atoms with E-state index in [-0.39, 0.29) is 24.2 Å².